The van der Waals surface area contributed by atoms with E-state index < -0.39 is 157 Å². The molecule has 2 rings (SSSR count). The summed E-state index contributed by atoms with van der Waals surface area (Å²) in [4.78, 5) is 156. The Morgan fingerprint density at radius 1 is 0.603 bits per heavy atom. The van der Waals surface area contributed by atoms with Gasteiger partial charge in [0.2, 0.25) is 65.0 Å². The molecule has 0 aromatic rings. The Balaban J connectivity index is 2.23. The lowest BCUT2D eigenvalue weighted by Gasteiger charge is -2.33. The lowest BCUT2D eigenvalue weighted by molar-refractivity contribution is -0.150. The number of hydrogen-bond acceptors (Lipinski definition) is 16. The standard InChI is InChI=1S/C40H66N12O16/c1-4-18(2)30(49-33(60)21(10-12-28(43)57)45-32(59)20(41)9-11-27(42)56)37(64)47-23(16-53)35(62)46-22(15-29(44)58)34(61)48-24(17-54)38(65)52-14-6-8-26(52)39(66)51-13-5-7-25(51)36(63)50-31(19(3)55)40(67)68/h18-26,30-31,53-55H,4-17,41H2,1-3H3,(H2,42,56)(H2,43,57)(H2,44,58)(H,45,59)(H,46,62)(H,47,64)(H,48,61)(H,49,60)(H,50,63)(H,67,68)/t18-,19+,20-,21-,22-,23-,24-,25-,26-,30-,31-/m0/s1. The molecule has 2 aliphatic heterocycles. The topological polar surface area (TPSA) is 468 Å². The first-order valence-corrected chi connectivity index (χ1v) is 22.0. The quantitative estimate of drug-likeness (QED) is 0.0346. The number of nitrogens with one attached hydrogen (secondary N) is 6. The van der Waals surface area contributed by atoms with Gasteiger partial charge in [0.05, 0.1) is 31.8 Å². The molecule has 0 saturated carbocycles. The monoisotopic (exact) mass is 970 g/mol. The lowest BCUT2D eigenvalue weighted by atomic mass is 9.97. The number of likely N-dealkylation sites (tertiary alicyclic amines) is 2. The highest BCUT2D eigenvalue weighted by atomic mass is 16.4. The van der Waals surface area contributed by atoms with E-state index >= 15 is 0 Å². The maximum atomic E-state index is 13.8. The SMILES string of the molecule is CC[C@H](C)[C@H](NC(=O)[C@H](CCC(N)=O)NC(=O)[C@@H](N)CCC(N)=O)C(=O)N[C@@H](CO)C(=O)N[C@@H](CC(N)=O)C(=O)N[C@@H](CO)C(=O)N1CCC[C@H]1C(=O)N1CCC[C@H]1C(=O)N[C@H](C(=O)O)[C@@H](C)O. The van der Waals surface area contributed by atoms with E-state index in [1.165, 1.54) is 11.8 Å². The van der Waals surface area contributed by atoms with Crippen molar-refractivity contribution in [3.63, 3.8) is 0 Å². The summed E-state index contributed by atoms with van der Waals surface area (Å²) >= 11 is 0. The molecule has 0 spiro atoms. The smallest absolute Gasteiger partial charge is 0.328 e. The van der Waals surface area contributed by atoms with Crippen molar-refractivity contribution in [1.82, 2.24) is 41.7 Å². The van der Waals surface area contributed by atoms with Gasteiger partial charge in [0.15, 0.2) is 6.04 Å². The van der Waals surface area contributed by atoms with Gasteiger partial charge in [-0.1, -0.05) is 20.3 Å². The number of carboxylic acids is 1. The van der Waals surface area contributed by atoms with Gasteiger partial charge in [-0.15, -0.1) is 0 Å². The van der Waals surface area contributed by atoms with Crippen LogP contribution in [0.5, 0.6) is 0 Å². The number of carbonyl (C=O) groups is 12. The second-order valence-electron chi connectivity index (χ2n) is 16.7. The molecule has 2 aliphatic rings. The Hall–Kier alpha value is -6.52. The van der Waals surface area contributed by atoms with Crippen LogP contribution in [0, 0.1) is 5.92 Å². The van der Waals surface area contributed by atoms with E-state index in [0.29, 0.717) is 12.8 Å². The molecular weight excluding hydrogens is 905 g/mol. The highest BCUT2D eigenvalue weighted by molar-refractivity contribution is 5.99. The van der Waals surface area contributed by atoms with Gasteiger partial charge in [0.1, 0.15) is 42.3 Å². The summed E-state index contributed by atoms with van der Waals surface area (Å²) < 4.78 is 0. The Morgan fingerprint density at radius 2 is 1.10 bits per heavy atom. The maximum absolute atomic E-state index is 13.8. The Morgan fingerprint density at radius 3 is 1.63 bits per heavy atom. The van der Waals surface area contributed by atoms with Crippen molar-refractivity contribution in [2.24, 2.45) is 28.9 Å². The summed E-state index contributed by atoms with van der Waals surface area (Å²) in [7, 11) is 0. The zero-order valence-electron chi connectivity index (χ0n) is 38.1. The second kappa shape index (κ2) is 27.3. The van der Waals surface area contributed by atoms with E-state index in [1.807, 2.05) is 0 Å². The van der Waals surface area contributed by atoms with Crippen LogP contribution >= 0.6 is 0 Å². The first-order valence-electron chi connectivity index (χ1n) is 22.0. The van der Waals surface area contributed by atoms with Crippen molar-refractivity contribution >= 4 is 70.9 Å². The van der Waals surface area contributed by atoms with Gasteiger partial charge in [-0.05, 0) is 51.4 Å². The number of carbonyl (C=O) groups excluding carboxylic acids is 11. The number of amides is 11. The van der Waals surface area contributed by atoms with Crippen molar-refractivity contribution in [2.75, 3.05) is 26.3 Å². The Kier molecular flexibility index (Phi) is 23.2. The lowest BCUT2D eigenvalue weighted by Crippen LogP contribution is -2.62. The average Bonchev–Trinajstić information content (AvgIpc) is 3.98. The van der Waals surface area contributed by atoms with Gasteiger partial charge in [0.25, 0.3) is 0 Å². The van der Waals surface area contributed by atoms with Gasteiger partial charge < -0.3 is 85.1 Å². The van der Waals surface area contributed by atoms with Crippen LogP contribution in [0.15, 0.2) is 0 Å². The van der Waals surface area contributed by atoms with Gasteiger partial charge in [-0.2, -0.15) is 0 Å². The molecule has 0 aromatic carbocycles. The Bertz CT molecular complexity index is 1890. The van der Waals surface area contributed by atoms with Gasteiger partial charge in [0, 0.05) is 25.9 Å². The minimum Gasteiger partial charge on any atom is -0.480 e. The number of nitrogens with zero attached hydrogens (tertiary/aromatic N) is 2. The summed E-state index contributed by atoms with van der Waals surface area (Å²) in [6.45, 7) is 2.27. The second-order valence-corrected chi connectivity index (χ2v) is 16.7. The molecular formula is C40H66N12O16. The molecule has 0 unspecified atom stereocenters. The summed E-state index contributed by atoms with van der Waals surface area (Å²) in [5.74, 6) is -12.7. The average molecular weight is 971 g/mol. The van der Waals surface area contributed by atoms with Crippen molar-refractivity contribution in [2.45, 2.75) is 145 Å². The molecule has 68 heavy (non-hydrogen) atoms. The highest BCUT2D eigenvalue weighted by Crippen LogP contribution is 2.26. The van der Waals surface area contributed by atoms with E-state index in [2.05, 4.69) is 31.9 Å². The Labute approximate surface area is 390 Å². The number of primary amides is 3. The molecule has 0 aromatic heterocycles. The van der Waals surface area contributed by atoms with Crippen molar-refractivity contribution < 1.29 is 78.0 Å². The number of aliphatic hydroxyl groups is 3. The fraction of sp³-hybridized carbons (Fsp3) is 0.700. The number of aliphatic hydroxyl groups excluding tert-OH is 3. The highest BCUT2D eigenvalue weighted by Gasteiger charge is 2.45. The van der Waals surface area contributed by atoms with E-state index in [9.17, 15) is 78.0 Å². The zero-order valence-corrected chi connectivity index (χ0v) is 38.1. The fourth-order valence-electron chi connectivity index (χ4n) is 7.43. The van der Waals surface area contributed by atoms with Crippen LogP contribution in [0.1, 0.15) is 85.0 Å². The van der Waals surface area contributed by atoms with Gasteiger partial charge >= 0.3 is 5.97 Å². The molecule has 2 heterocycles. The minimum atomic E-state index is -1.88. The number of aliphatic carboxylic acids is 1. The van der Waals surface area contributed by atoms with Crippen molar-refractivity contribution in [3.05, 3.63) is 0 Å². The van der Waals surface area contributed by atoms with Crippen LogP contribution < -0.4 is 54.8 Å². The van der Waals surface area contributed by atoms with Crippen molar-refractivity contribution in [1.29, 1.82) is 0 Å². The first-order chi connectivity index (χ1) is 31.9. The zero-order chi connectivity index (χ0) is 51.6. The third-order valence-electron chi connectivity index (χ3n) is 11.5. The number of rotatable bonds is 28. The van der Waals surface area contributed by atoms with Crippen LogP contribution in [0.25, 0.3) is 0 Å². The van der Waals surface area contributed by atoms with Crippen LogP contribution in [0.3, 0.4) is 0 Å². The third kappa shape index (κ3) is 17.0. The van der Waals surface area contributed by atoms with E-state index in [0.717, 1.165) is 4.90 Å². The summed E-state index contributed by atoms with van der Waals surface area (Å²) in [5.41, 5.74) is 21.5. The molecule has 18 N–H and O–H groups in total. The molecule has 11 atom stereocenters. The number of carboxylic acid groups (broad SMARTS) is 1. The first kappa shape index (κ1) is 57.6. The number of hydrogen-bond donors (Lipinski definition) is 14. The maximum Gasteiger partial charge on any atom is 0.328 e. The van der Waals surface area contributed by atoms with Crippen LogP contribution in [0.4, 0.5) is 0 Å². The molecule has 382 valence electrons. The molecule has 0 bridgehead atoms. The summed E-state index contributed by atoms with van der Waals surface area (Å²) in [5, 5.41) is 53.3. The molecule has 2 saturated heterocycles. The summed E-state index contributed by atoms with van der Waals surface area (Å²) in [6.07, 6.45) is -2.34. The normalized spacial score (nSPS) is 19.6. The number of nitrogens with two attached hydrogens (primary N) is 4. The third-order valence-corrected chi connectivity index (χ3v) is 11.5. The fourth-order valence-corrected chi connectivity index (χ4v) is 7.43. The predicted molar refractivity (Wildman–Crippen MR) is 233 cm³/mol. The minimum absolute atomic E-state index is 0.0257. The van der Waals surface area contributed by atoms with Gasteiger partial charge in [-0.3, -0.25) is 52.7 Å². The van der Waals surface area contributed by atoms with E-state index in [-0.39, 0.29) is 58.0 Å². The predicted octanol–water partition coefficient (Wildman–Crippen LogP) is -7.89. The van der Waals surface area contributed by atoms with Crippen LogP contribution in [-0.2, 0) is 57.5 Å². The van der Waals surface area contributed by atoms with E-state index in [1.54, 1.807) is 13.8 Å². The molecule has 11 amide bonds. The van der Waals surface area contributed by atoms with Crippen LogP contribution in [0.2, 0.25) is 0 Å². The molecule has 0 radical (unpaired) electrons. The molecule has 2 fully saturated rings. The molecule has 0 aliphatic carbocycles. The van der Waals surface area contributed by atoms with Crippen LogP contribution in [-0.4, -0.2) is 188 Å². The summed E-state index contributed by atoms with van der Waals surface area (Å²) in [6, 6.07) is -13.7. The molecule has 28 nitrogen and oxygen atoms in total. The molecule has 28 heteroatoms. The van der Waals surface area contributed by atoms with Gasteiger partial charge in [-0.25, -0.2) is 4.79 Å². The van der Waals surface area contributed by atoms with Crippen molar-refractivity contribution in [3.8, 4) is 0 Å². The largest absolute Gasteiger partial charge is 0.480 e. The van der Waals surface area contributed by atoms with E-state index in [4.69, 9.17) is 22.9 Å².